The summed E-state index contributed by atoms with van der Waals surface area (Å²) in [5.41, 5.74) is 4.22. The molecule has 1 aliphatic heterocycles. The second-order valence-electron chi connectivity index (χ2n) is 7.41. The zero-order valence-corrected chi connectivity index (χ0v) is 16.1. The topological polar surface area (TPSA) is 45.9 Å². The normalized spacial score (nSPS) is 17.6. The van der Waals surface area contributed by atoms with Gasteiger partial charge in [0.05, 0.1) is 12.9 Å². The van der Waals surface area contributed by atoms with E-state index in [1.54, 1.807) is 18.4 Å². The van der Waals surface area contributed by atoms with Crippen molar-refractivity contribution in [3.05, 3.63) is 53.0 Å². The maximum atomic E-state index is 12.5. The molecule has 0 radical (unpaired) electrons. The molecule has 0 saturated carbocycles. The molecule has 0 atom stereocenters. The van der Waals surface area contributed by atoms with Crippen LogP contribution < -0.4 is 4.74 Å². The Labute approximate surface area is 160 Å². The van der Waals surface area contributed by atoms with Crippen LogP contribution in [0.2, 0.25) is 0 Å². The van der Waals surface area contributed by atoms with Crippen molar-refractivity contribution in [2.75, 3.05) is 32.8 Å². The number of hydrogen-bond donors (Lipinski definition) is 0. The molecule has 0 unspecified atom stereocenters. The van der Waals surface area contributed by atoms with Gasteiger partial charge in [-0.1, -0.05) is 6.07 Å². The molecular weight excluding hydrogens is 340 g/mol. The smallest absolute Gasteiger partial charge is 0.289 e. The van der Waals surface area contributed by atoms with Crippen LogP contribution in [0.1, 0.15) is 47.0 Å². The molecule has 2 heterocycles. The summed E-state index contributed by atoms with van der Waals surface area (Å²) in [5.74, 6) is 1.46. The van der Waals surface area contributed by atoms with Crippen LogP contribution >= 0.6 is 0 Å². The fourth-order valence-corrected chi connectivity index (χ4v) is 4.20. The highest BCUT2D eigenvalue weighted by molar-refractivity contribution is 5.91. The van der Waals surface area contributed by atoms with Gasteiger partial charge in [0.1, 0.15) is 5.75 Å². The number of carbonyl (C=O) groups is 1. The van der Waals surface area contributed by atoms with Crippen molar-refractivity contribution in [3.8, 4) is 5.75 Å². The van der Waals surface area contributed by atoms with Gasteiger partial charge in [-0.05, 0) is 61.9 Å². The van der Waals surface area contributed by atoms with Crippen LogP contribution in [0.3, 0.4) is 0 Å². The third-order valence-electron chi connectivity index (χ3n) is 5.58. The molecule has 144 valence electrons. The molecular formula is C22H28N2O3. The highest BCUT2D eigenvalue weighted by Gasteiger charge is 2.23. The van der Waals surface area contributed by atoms with E-state index < -0.39 is 0 Å². The molecule has 1 saturated heterocycles. The molecule has 0 spiro atoms. The Balaban J connectivity index is 1.44. The second kappa shape index (κ2) is 8.17. The minimum Gasteiger partial charge on any atom is -0.494 e. The fraction of sp³-hybridized carbons (Fsp3) is 0.500. The van der Waals surface area contributed by atoms with Crippen molar-refractivity contribution in [1.82, 2.24) is 9.80 Å². The molecule has 1 amide bonds. The van der Waals surface area contributed by atoms with E-state index in [0.29, 0.717) is 12.4 Å². The lowest BCUT2D eigenvalue weighted by Gasteiger charge is -2.23. The first-order valence-electron chi connectivity index (χ1n) is 10.1. The van der Waals surface area contributed by atoms with Crippen molar-refractivity contribution in [2.24, 2.45) is 0 Å². The van der Waals surface area contributed by atoms with Crippen LogP contribution in [0, 0.1) is 0 Å². The summed E-state index contributed by atoms with van der Waals surface area (Å²) in [6.45, 7) is 6.98. The summed E-state index contributed by atoms with van der Waals surface area (Å²) in [6.07, 6.45) is 6.13. The number of fused-ring (bicyclic) bond motifs is 1. The fourth-order valence-electron chi connectivity index (χ4n) is 4.20. The van der Waals surface area contributed by atoms with E-state index in [9.17, 15) is 4.79 Å². The van der Waals surface area contributed by atoms with E-state index in [1.807, 2.05) is 11.8 Å². The first-order valence-corrected chi connectivity index (χ1v) is 10.1. The first-order chi connectivity index (χ1) is 13.2. The number of hydrogen-bond acceptors (Lipinski definition) is 4. The number of amides is 1. The van der Waals surface area contributed by atoms with Crippen molar-refractivity contribution in [3.63, 3.8) is 0 Å². The first kappa shape index (κ1) is 18.1. The van der Waals surface area contributed by atoms with Gasteiger partial charge >= 0.3 is 0 Å². The summed E-state index contributed by atoms with van der Waals surface area (Å²) in [4.78, 5) is 16.9. The number of rotatable bonds is 5. The van der Waals surface area contributed by atoms with Gasteiger partial charge in [0.15, 0.2) is 5.76 Å². The molecule has 2 aromatic rings. The van der Waals surface area contributed by atoms with Gasteiger partial charge < -0.3 is 14.1 Å². The average Bonchev–Trinajstić information content (AvgIpc) is 3.30. The Hall–Kier alpha value is -2.27. The maximum Gasteiger partial charge on any atom is 0.289 e. The SMILES string of the molecule is CCOc1cc2c(cc1CN1CCCN(C(=O)c3ccco3)CC1)CCC2. The highest BCUT2D eigenvalue weighted by Crippen LogP contribution is 2.31. The van der Waals surface area contributed by atoms with Crippen LogP contribution in [0.15, 0.2) is 34.9 Å². The van der Waals surface area contributed by atoms with Crippen molar-refractivity contribution < 1.29 is 13.9 Å². The van der Waals surface area contributed by atoms with Crippen molar-refractivity contribution >= 4 is 5.91 Å². The molecule has 1 fully saturated rings. The van der Waals surface area contributed by atoms with Crippen molar-refractivity contribution in [2.45, 2.75) is 39.2 Å². The van der Waals surface area contributed by atoms with E-state index in [0.717, 1.165) is 44.9 Å². The lowest BCUT2D eigenvalue weighted by molar-refractivity contribution is 0.0729. The number of carbonyl (C=O) groups excluding carboxylic acids is 1. The summed E-state index contributed by atoms with van der Waals surface area (Å²) in [7, 11) is 0. The summed E-state index contributed by atoms with van der Waals surface area (Å²) in [6, 6.07) is 8.11. The number of ether oxygens (including phenoxy) is 1. The maximum absolute atomic E-state index is 12.5. The quantitative estimate of drug-likeness (QED) is 0.810. The molecule has 5 heteroatoms. The summed E-state index contributed by atoms with van der Waals surface area (Å²) in [5, 5.41) is 0. The zero-order chi connectivity index (χ0) is 18.6. The van der Waals surface area contributed by atoms with E-state index in [-0.39, 0.29) is 5.91 Å². The number of aryl methyl sites for hydroxylation is 2. The lowest BCUT2D eigenvalue weighted by Crippen LogP contribution is -2.35. The summed E-state index contributed by atoms with van der Waals surface area (Å²) >= 11 is 0. The Bertz CT molecular complexity index is 785. The van der Waals surface area contributed by atoms with Gasteiger partial charge in [0.25, 0.3) is 5.91 Å². The van der Waals surface area contributed by atoms with Crippen LogP contribution in [-0.2, 0) is 19.4 Å². The average molecular weight is 368 g/mol. The predicted octanol–water partition coefficient (Wildman–Crippen LogP) is 3.52. The van der Waals surface area contributed by atoms with Gasteiger partial charge in [-0.2, -0.15) is 0 Å². The summed E-state index contributed by atoms with van der Waals surface area (Å²) < 4.78 is 11.2. The monoisotopic (exact) mass is 368 g/mol. The lowest BCUT2D eigenvalue weighted by atomic mass is 10.0. The molecule has 1 aromatic carbocycles. The minimum absolute atomic E-state index is 0.00520. The highest BCUT2D eigenvalue weighted by atomic mass is 16.5. The molecule has 2 aliphatic rings. The third kappa shape index (κ3) is 4.03. The molecule has 5 nitrogen and oxygen atoms in total. The zero-order valence-electron chi connectivity index (χ0n) is 16.1. The Morgan fingerprint density at radius 1 is 1.11 bits per heavy atom. The minimum atomic E-state index is -0.00520. The van der Waals surface area contributed by atoms with Crippen LogP contribution in [0.5, 0.6) is 5.75 Å². The van der Waals surface area contributed by atoms with Gasteiger partial charge in [0.2, 0.25) is 0 Å². The van der Waals surface area contributed by atoms with Crippen LogP contribution in [0.25, 0.3) is 0 Å². The molecule has 1 aliphatic carbocycles. The number of benzene rings is 1. The van der Waals surface area contributed by atoms with Crippen LogP contribution in [0.4, 0.5) is 0 Å². The van der Waals surface area contributed by atoms with E-state index >= 15 is 0 Å². The van der Waals surface area contributed by atoms with E-state index in [2.05, 4.69) is 17.0 Å². The van der Waals surface area contributed by atoms with E-state index in [1.165, 1.54) is 36.0 Å². The molecule has 27 heavy (non-hydrogen) atoms. The largest absolute Gasteiger partial charge is 0.494 e. The van der Waals surface area contributed by atoms with Gasteiger partial charge in [-0.15, -0.1) is 0 Å². The molecule has 1 aromatic heterocycles. The Kier molecular flexibility index (Phi) is 5.48. The van der Waals surface area contributed by atoms with Gasteiger partial charge in [-0.25, -0.2) is 0 Å². The second-order valence-corrected chi connectivity index (χ2v) is 7.41. The van der Waals surface area contributed by atoms with Crippen molar-refractivity contribution in [1.29, 1.82) is 0 Å². The molecule has 0 N–H and O–H groups in total. The Morgan fingerprint density at radius 3 is 2.74 bits per heavy atom. The number of furan rings is 1. The molecule has 4 rings (SSSR count). The number of nitrogens with zero attached hydrogens (tertiary/aromatic N) is 2. The van der Waals surface area contributed by atoms with E-state index in [4.69, 9.17) is 9.15 Å². The van der Waals surface area contributed by atoms with Gasteiger partial charge in [-0.3, -0.25) is 9.69 Å². The Morgan fingerprint density at radius 2 is 1.96 bits per heavy atom. The van der Waals surface area contributed by atoms with Crippen LogP contribution in [-0.4, -0.2) is 48.5 Å². The molecule has 0 bridgehead atoms. The standard InChI is InChI=1S/C22H28N2O3/c1-2-26-21-15-18-7-3-6-17(18)14-19(21)16-23-9-5-10-24(12-11-23)22(25)20-8-4-13-27-20/h4,8,13-15H,2-3,5-7,9-12,16H2,1H3. The third-order valence-corrected chi connectivity index (χ3v) is 5.58. The predicted molar refractivity (Wildman–Crippen MR) is 104 cm³/mol. The van der Waals surface area contributed by atoms with Gasteiger partial charge in [0, 0.05) is 38.3 Å².